The van der Waals surface area contributed by atoms with Crippen LogP contribution < -0.4 is 0 Å². The molecule has 0 saturated heterocycles. The molecule has 13 heavy (non-hydrogen) atoms. The van der Waals surface area contributed by atoms with E-state index in [9.17, 15) is 4.79 Å². The van der Waals surface area contributed by atoms with Crippen molar-refractivity contribution in [2.24, 2.45) is 0 Å². The molecule has 0 rings (SSSR count). The van der Waals surface area contributed by atoms with Gasteiger partial charge in [-0.2, -0.15) is 0 Å². The second kappa shape index (κ2) is 5.02. The number of methoxy groups -OCH3 is 1. The second-order valence-corrected chi connectivity index (χ2v) is 4.01. The summed E-state index contributed by atoms with van der Waals surface area (Å²) in [5, 5.41) is 0. The standard InChI is InChI=1S/C10H20NO2/c1-6-7-9(10(12)13-5)8-11(2,3)4/h8H,6-7H2,1-5H3/q+1. The molecule has 0 saturated carbocycles. The first-order valence-electron chi connectivity index (χ1n) is 4.52. The summed E-state index contributed by atoms with van der Waals surface area (Å²) in [6, 6.07) is 0. The molecule has 0 N–H and O–H groups in total. The Morgan fingerprint density at radius 1 is 1.38 bits per heavy atom. The Bertz CT molecular complexity index is 201. The quantitative estimate of drug-likeness (QED) is 0.378. The van der Waals surface area contributed by atoms with E-state index >= 15 is 0 Å². The van der Waals surface area contributed by atoms with Crippen molar-refractivity contribution in [3.63, 3.8) is 0 Å². The lowest BCUT2D eigenvalue weighted by atomic mass is 10.1. The van der Waals surface area contributed by atoms with Gasteiger partial charge in [-0.3, -0.25) is 0 Å². The number of carbonyl (C=O) groups excluding carboxylic acids is 1. The molecule has 0 amide bonds. The van der Waals surface area contributed by atoms with E-state index in [2.05, 4.69) is 0 Å². The Morgan fingerprint density at radius 2 is 1.92 bits per heavy atom. The molecule has 0 aliphatic heterocycles. The summed E-state index contributed by atoms with van der Waals surface area (Å²) in [5.74, 6) is -0.213. The second-order valence-electron chi connectivity index (χ2n) is 4.01. The first-order valence-corrected chi connectivity index (χ1v) is 4.52. The molecule has 0 fully saturated rings. The minimum absolute atomic E-state index is 0.213. The van der Waals surface area contributed by atoms with Crippen molar-refractivity contribution in [3.05, 3.63) is 11.8 Å². The van der Waals surface area contributed by atoms with Gasteiger partial charge < -0.3 is 9.22 Å². The molecule has 0 heterocycles. The van der Waals surface area contributed by atoms with Crippen LogP contribution in [0.25, 0.3) is 0 Å². The van der Waals surface area contributed by atoms with Crippen LogP contribution in [-0.4, -0.2) is 38.7 Å². The van der Waals surface area contributed by atoms with E-state index < -0.39 is 0 Å². The van der Waals surface area contributed by atoms with Crippen LogP contribution in [-0.2, 0) is 9.53 Å². The number of rotatable bonds is 4. The molecule has 0 aromatic heterocycles. The molecule has 76 valence electrons. The summed E-state index contributed by atoms with van der Waals surface area (Å²) in [6.45, 7) is 2.05. The molecule has 3 nitrogen and oxygen atoms in total. The third kappa shape index (κ3) is 5.42. The molecule has 0 atom stereocenters. The van der Waals surface area contributed by atoms with E-state index in [1.54, 1.807) is 0 Å². The third-order valence-electron chi connectivity index (χ3n) is 1.51. The molecular weight excluding hydrogens is 166 g/mol. The van der Waals surface area contributed by atoms with Crippen LogP contribution in [0.5, 0.6) is 0 Å². The monoisotopic (exact) mass is 186 g/mol. The van der Waals surface area contributed by atoms with E-state index in [1.807, 2.05) is 34.3 Å². The van der Waals surface area contributed by atoms with E-state index in [0.29, 0.717) is 4.48 Å². The Labute approximate surface area is 80.6 Å². The first kappa shape index (κ1) is 12.2. The van der Waals surface area contributed by atoms with Gasteiger partial charge in [0.1, 0.15) is 6.20 Å². The van der Waals surface area contributed by atoms with Crippen molar-refractivity contribution < 1.29 is 14.0 Å². The lowest BCUT2D eigenvalue weighted by Crippen LogP contribution is -2.28. The molecule has 0 spiro atoms. The highest BCUT2D eigenvalue weighted by molar-refractivity contribution is 5.87. The number of ether oxygens (including phenoxy) is 1. The molecule has 0 aromatic rings. The van der Waals surface area contributed by atoms with Crippen LogP contribution >= 0.6 is 0 Å². The van der Waals surface area contributed by atoms with Crippen molar-refractivity contribution in [2.75, 3.05) is 28.3 Å². The SMILES string of the molecule is CCCC(=C[N+](C)(C)C)C(=O)OC. The van der Waals surface area contributed by atoms with E-state index in [0.717, 1.165) is 18.4 Å². The van der Waals surface area contributed by atoms with E-state index in [-0.39, 0.29) is 5.97 Å². The van der Waals surface area contributed by atoms with Crippen LogP contribution in [0.2, 0.25) is 0 Å². The topological polar surface area (TPSA) is 26.3 Å². The van der Waals surface area contributed by atoms with Gasteiger partial charge in [0.05, 0.1) is 33.8 Å². The predicted octanol–water partition coefficient (Wildman–Crippen LogP) is 1.55. The molecule has 0 unspecified atom stereocenters. The Kier molecular flexibility index (Phi) is 4.70. The fraction of sp³-hybridized carbons (Fsp3) is 0.700. The van der Waals surface area contributed by atoms with Crippen molar-refractivity contribution in [1.82, 2.24) is 0 Å². The zero-order valence-electron chi connectivity index (χ0n) is 9.26. The lowest BCUT2D eigenvalue weighted by Gasteiger charge is -2.19. The van der Waals surface area contributed by atoms with E-state index in [4.69, 9.17) is 4.74 Å². The molecule has 0 aliphatic rings. The maximum Gasteiger partial charge on any atom is 0.339 e. The number of quaternary nitrogens is 1. The van der Waals surface area contributed by atoms with Gasteiger partial charge in [-0.25, -0.2) is 4.79 Å². The van der Waals surface area contributed by atoms with Gasteiger partial charge >= 0.3 is 5.97 Å². The fourth-order valence-corrected chi connectivity index (χ4v) is 1.09. The molecule has 3 heteroatoms. The highest BCUT2D eigenvalue weighted by Gasteiger charge is 2.14. The summed E-state index contributed by atoms with van der Waals surface area (Å²) in [4.78, 5) is 11.3. The van der Waals surface area contributed by atoms with Crippen molar-refractivity contribution >= 4 is 5.97 Å². The minimum Gasteiger partial charge on any atom is -0.466 e. The fourth-order valence-electron chi connectivity index (χ4n) is 1.09. The average Bonchev–Trinajstić information content (AvgIpc) is 2.00. The zero-order chi connectivity index (χ0) is 10.5. The van der Waals surface area contributed by atoms with Gasteiger partial charge in [-0.15, -0.1) is 0 Å². The van der Waals surface area contributed by atoms with Gasteiger partial charge in [0.25, 0.3) is 0 Å². The van der Waals surface area contributed by atoms with Crippen molar-refractivity contribution in [3.8, 4) is 0 Å². The number of carbonyl (C=O) groups is 1. The van der Waals surface area contributed by atoms with Crippen molar-refractivity contribution in [1.29, 1.82) is 0 Å². The molecule has 0 bridgehead atoms. The van der Waals surface area contributed by atoms with Gasteiger partial charge in [-0.05, 0) is 6.42 Å². The lowest BCUT2D eigenvalue weighted by molar-refractivity contribution is -0.817. The zero-order valence-corrected chi connectivity index (χ0v) is 9.26. The molecule has 0 radical (unpaired) electrons. The minimum atomic E-state index is -0.213. The van der Waals surface area contributed by atoms with Gasteiger partial charge in [-0.1, -0.05) is 13.3 Å². The summed E-state index contributed by atoms with van der Waals surface area (Å²) < 4.78 is 5.34. The van der Waals surface area contributed by atoms with Crippen LogP contribution in [0.1, 0.15) is 19.8 Å². The highest BCUT2D eigenvalue weighted by atomic mass is 16.5. The largest absolute Gasteiger partial charge is 0.466 e. The summed E-state index contributed by atoms with van der Waals surface area (Å²) in [5.41, 5.74) is 0.762. The highest BCUT2D eigenvalue weighted by Crippen LogP contribution is 2.09. The van der Waals surface area contributed by atoms with Crippen LogP contribution in [0, 0.1) is 0 Å². The van der Waals surface area contributed by atoms with E-state index in [1.165, 1.54) is 7.11 Å². The normalized spacial score (nSPS) is 12.8. The molecular formula is C10H20NO2+. The maximum absolute atomic E-state index is 11.3. The molecule has 0 aliphatic carbocycles. The summed E-state index contributed by atoms with van der Waals surface area (Å²) >= 11 is 0. The Morgan fingerprint density at radius 3 is 2.23 bits per heavy atom. The van der Waals surface area contributed by atoms with Crippen molar-refractivity contribution in [2.45, 2.75) is 19.8 Å². The number of hydrogen-bond donors (Lipinski definition) is 0. The maximum atomic E-state index is 11.3. The van der Waals surface area contributed by atoms with Crippen LogP contribution in [0.4, 0.5) is 0 Å². The third-order valence-corrected chi connectivity index (χ3v) is 1.51. The van der Waals surface area contributed by atoms with Gasteiger partial charge in [0.2, 0.25) is 0 Å². The van der Waals surface area contributed by atoms with Crippen LogP contribution in [0.3, 0.4) is 0 Å². The number of esters is 1. The predicted molar refractivity (Wildman–Crippen MR) is 53.0 cm³/mol. The Balaban J connectivity index is 4.60. The summed E-state index contributed by atoms with van der Waals surface area (Å²) in [7, 11) is 7.46. The van der Waals surface area contributed by atoms with Gasteiger partial charge in [0, 0.05) is 0 Å². The Hall–Kier alpha value is -0.830. The smallest absolute Gasteiger partial charge is 0.339 e. The molecule has 0 aromatic carbocycles. The van der Waals surface area contributed by atoms with Crippen LogP contribution in [0.15, 0.2) is 11.8 Å². The van der Waals surface area contributed by atoms with Gasteiger partial charge in [0.15, 0.2) is 0 Å². The first-order chi connectivity index (χ1) is 5.90. The average molecular weight is 186 g/mol. The summed E-state index contributed by atoms with van der Waals surface area (Å²) in [6.07, 6.45) is 3.67. The number of nitrogens with zero attached hydrogens (tertiary/aromatic N) is 1. The number of hydrogen-bond acceptors (Lipinski definition) is 2.